The Morgan fingerprint density at radius 3 is 2.00 bits per heavy atom. The van der Waals surface area contributed by atoms with Crippen LogP contribution >= 0.6 is 0 Å². The van der Waals surface area contributed by atoms with Crippen LogP contribution in [-0.2, 0) is 0 Å². The highest BCUT2D eigenvalue weighted by atomic mass is 15.1. The van der Waals surface area contributed by atoms with E-state index in [0.29, 0.717) is 5.41 Å². The van der Waals surface area contributed by atoms with Gasteiger partial charge in [0.25, 0.3) is 0 Å². The number of nitrogens with zero attached hydrogens (tertiary/aromatic N) is 3. The van der Waals surface area contributed by atoms with Crippen molar-refractivity contribution in [3.63, 3.8) is 0 Å². The first-order valence-corrected chi connectivity index (χ1v) is 5.80. The van der Waals surface area contributed by atoms with Gasteiger partial charge in [-0.25, -0.2) is 0 Å². The van der Waals surface area contributed by atoms with E-state index in [1.165, 1.54) is 38.5 Å². The van der Waals surface area contributed by atoms with Gasteiger partial charge in [-0.1, -0.05) is 5.11 Å². The molecule has 0 aromatic rings. The van der Waals surface area contributed by atoms with Crippen molar-refractivity contribution in [1.29, 1.82) is 0 Å². The fourth-order valence-corrected chi connectivity index (χ4v) is 4.67. The highest BCUT2D eigenvalue weighted by Gasteiger charge is 2.50. The molecule has 0 aliphatic heterocycles. The molecule has 0 heterocycles. The smallest absolute Gasteiger partial charge is 0.0314 e. The molecule has 4 aliphatic rings. The molecule has 0 spiro atoms. The van der Waals surface area contributed by atoms with Gasteiger partial charge >= 0.3 is 0 Å². The van der Waals surface area contributed by atoms with Gasteiger partial charge in [0.05, 0.1) is 0 Å². The Balaban J connectivity index is 1.83. The molecule has 3 heteroatoms. The number of hydrogen-bond acceptors (Lipinski definition) is 1. The quantitative estimate of drug-likeness (QED) is 0.364. The first-order valence-electron chi connectivity index (χ1n) is 5.80. The average molecular weight is 191 g/mol. The van der Waals surface area contributed by atoms with Gasteiger partial charge in [0.15, 0.2) is 0 Å². The zero-order chi connectivity index (χ0) is 9.60. The van der Waals surface area contributed by atoms with Crippen molar-refractivity contribution in [3.05, 3.63) is 10.4 Å². The second-order valence-electron chi connectivity index (χ2n) is 5.81. The lowest BCUT2D eigenvalue weighted by Gasteiger charge is -2.56. The molecule has 0 unspecified atom stereocenters. The standard InChI is InChI=1S/C11H17N3/c12-14-13-7-11-4-8-1-9(5-11)3-10(2-8)6-11/h8-10H,1-7H2. The molecule has 4 saturated carbocycles. The van der Waals surface area contributed by atoms with Crippen molar-refractivity contribution in [2.24, 2.45) is 28.3 Å². The fourth-order valence-electron chi connectivity index (χ4n) is 4.67. The lowest BCUT2D eigenvalue weighted by Crippen LogP contribution is -2.47. The van der Waals surface area contributed by atoms with Crippen LogP contribution in [0.4, 0.5) is 0 Å². The van der Waals surface area contributed by atoms with E-state index >= 15 is 0 Å². The van der Waals surface area contributed by atoms with Gasteiger partial charge in [0.1, 0.15) is 0 Å². The van der Waals surface area contributed by atoms with Crippen molar-refractivity contribution < 1.29 is 0 Å². The third kappa shape index (κ3) is 1.23. The Morgan fingerprint density at radius 1 is 1.07 bits per heavy atom. The van der Waals surface area contributed by atoms with Crippen LogP contribution in [0.2, 0.25) is 0 Å². The van der Waals surface area contributed by atoms with E-state index in [1.807, 2.05) is 0 Å². The fraction of sp³-hybridized carbons (Fsp3) is 1.00. The Kier molecular flexibility index (Phi) is 1.78. The monoisotopic (exact) mass is 191 g/mol. The Bertz CT molecular complexity index is 256. The summed E-state index contributed by atoms with van der Waals surface area (Å²) in [4.78, 5) is 2.94. The summed E-state index contributed by atoms with van der Waals surface area (Å²) >= 11 is 0. The molecule has 3 nitrogen and oxygen atoms in total. The second kappa shape index (κ2) is 2.90. The zero-order valence-electron chi connectivity index (χ0n) is 8.52. The summed E-state index contributed by atoms with van der Waals surface area (Å²) in [7, 11) is 0. The maximum atomic E-state index is 8.43. The van der Waals surface area contributed by atoms with Crippen molar-refractivity contribution in [2.45, 2.75) is 38.5 Å². The molecule has 0 saturated heterocycles. The highest BCUT2D eigenvalue weighted by Crippen LogP contribution is 2.60. The molecule has 4 rings (SSSR count). The van der Waals surface area contributed by atoms with Gasteiger partial charge in [-0.2, -0.15) is 0 Å². The van der Waals surface area contributed by atoms with Crippen LogP contribution in [0.15, 0.2) is 5.11 Å². The molecule has 4 aliphatic carbocycles. The maximum Gasteiger partial charge on any atom is 0.0314 e. The SMILES string of the molecule is [N-]=[N+]=NCC12CC3CC(CC(C3)C1)C2. The summed E-state index contributed by atoms with van der Waals surface area (Å²) in [6.45, 7) is 0.771. The Hall–Kier alpha value is -0.690. The minimum Gasteiger partial charge on any atom is -0.0934 e. The van der Waals surface area contributed by atoms with E-state index in [9.17, 15) is 0 Å². The molecule has 0 amide bonds. The summed E-state index contributed by atoms with van der Waals surface area (Å²) in [6.07, 6.45) is 8.44. The summed E-state index contributed by atoms with van der Waals surface area (Å²) < 4.78 is 0. The van der Waals surface area contributed by atoms with Crippen LogP contribution < -0.4 is 0 Å². The molecule has 0 aromatic carbocycles. The van der Waals surface area contributed by atoms with Crippen LogP contribution in [0.1, 0.15) is 38.5 Å². The van der Waals surface area contributed by atoms with Crippen LogP contribution in [0.25, 0.3) is 10.4 Å². The average Bonchev–Trinajstić information content (AvgIpc) is 2.12. The lowest BCUT2D eigenvalue weighted by molar-refractivity contribution is -0.0467. The highest BCUT2D eigenvalue weighted by molar-refractivity contribution is 5.02. The molecular weight excluding hydrogens is 174 g/mol. The van der Waals surface area contributed by atoms with Crippen molar-refractivity contribution in [1.82, 2.24) is 0 Å². The second-order valence-corrected chi connectivity index (χ2v) is 5.81. The predicted octanol–water partition coefficient (Wildman–Crippen LogP) is 3.51. The molecular formula is C11H17N3. The van der Waals surface area contributed by atoms with Crippen LogP contribution in [0, 0.1) is 23.2 Å². The van der Waals surface area contributed by atoms with Gasteiger partial charge < -0.3 is 0 Å². The summed E-state index contributed by atoms with van der Waals surface area (Å²) in [5.74, 6) is 2.90. The summed E-state index contributed by atoms with van der Waals surface area (Å²) in [6, 6.07) is 0. The predicted molar refractivity (Wildman–Crippen MR) is 54.6 cm³/mol. The van der Waals surface area contributed by atoms with Crippen LogP contribution in [-0.4, -0.2) is 6.54 Å². The third-order valence-electron chi connectivity index (χ3n) is 4.63. The molecule has 14 heavy (non-hydrogen) atoms. The van der Waals surface area contributed by atoms with E-state index in [0.717, 1.165) is 24.3 Å². The van der Waals surface area contributed by atoms with Crippen molar-refractivity contribution >= 4 is 0 Å². The van der Waals surface area contributed by atoms with Gasteiger partial charge in [-0.3, -0.25) is 0 Å². The van der Waals surface area contributed by atoms with E-state index in [2.05, 4.69) is 10.0 Å². The topological polar surface area (TPSA) is 48.8 Å². The molecule has 4 fully saturated rings. The van der Waals surface area contributed by atoms with Gasteiger partial charge in [-0.05, 0) is 67.2 Å². The van der Waals surface area contributed by atoms with E-state index < -0.39 is 0 Å². The minimum absolute atomic E-state index is 0.432. The zero-order valence-corrected chi connectivity index (χ0v) is 8.52. The van der Waals surface area contributed by atoms with E-state index in [-0.39, 0.29) is 0 Å². The van der Waals surface area contributed by atoms with Gasteiger partial charge in [-0.15, -0.1) is 0 Å². The number of azide groups is 1. The molecule has 0 atom stereocenters. The molecule has 76 valence electrons. The third-order valence-corrected chi connectivity index (χ3v) is 4.63. The number of hydrogen-bond donors (Lipinski definition) is 0. The lowest BCUT2D eigenvalue weighted by atomic mass is 9.49. The molecule has 0 aromatic heterocycles. The van der Waals surface area contributed by atoms with E-state index in [1.54, 1.807) is 0 Å². The number of rotatable bonds is 2. The van der Waals surface area contributed by atoms with Gasteiger partial charge in [0.2, 0.25) is 0 Å². The van der Waals surface area contributed by atoms with Crippen LogP contribution in [0.3, 0.4) is 0 Å². The minimum atomic E-state index is 0.432. The summed E-state index contributed by atoms with van der Waals surface area (Å²) in [5.41, 5.74) is 8.86. The van der Waals surface area contributed by atoms with Gasteiger partial charge in [0, 0.05) is 11.5 Å². The van der Waals surface area contributed by atoms with Crippen molar-refractivity contribution in [3.8, 4) is 0 Å². The Labute approximate surface area is 84.5 Å². The largest absolute Gasteiger partial charge is 0.0934 e. The normalized spacial score (nSPS) is 49.0. The van der Waals surface area contributed by atoms with E-state index in [4.69, 9.17) is 5.53 Å². The first-order chi connectivity index (χ1) is 6.80. The molecule has 0 radical (unpaired) electrons. The molecule has 0 N–H and O–H groups in total. The Morgan fingerprint density at radius 2 is 1.57 bits per heavy atom. The molecule has 4 bridgehead atoms. The van der Waals surface area contributed by atoms with Crippen LogP contribution in [0.5, 0.6) is 0 Å². The first kappa shape index (κ1) is 8.60. The maximum absolute atomic E-state index is 8.43. The summed E-state index contributed by atoms with van der Waals surface area (Å²) in [5, 5.41) is 3.84. The van der Waals surface area contributed by atoms with Crippen molar-refractivity contribution in [2.75, 3.05) is 6.54 Å².